The number of ether oxygens (including phenoxy) is 1. The van der Waals surface area contributed by atoms with E-state index in [1.807, 2.05) is 32.0 Å². The number of nitrogens with one attached hydrogen (secondary N) is 2. The van der Waals surface area contributed by atoms with Crippen molar-refractivity contribution in [1.29, 1.82) is 0 Å². The molecule has 9 nitrogen and oxygen atoms in total. The number of phenols is 2. The lowest BCUT2D eigenvalue weighted by atomic mass is 9.99. The summed E-state index contributed by atoms with van der Waals surface area (Å²) in [6.07, 6.45) is -0.0266. The lowest BCUT2D eigenvalue weighted by Gasteiger charge is -2.35. The second kappa shape index (κ2) is 12.5. The van der Waals surface area contributed by atoms with Gasteiger partial charge >= 0.3 is 6.09 Å². The van der Waals surface area contributed by atoms with Crippen LogP contribution in [0.5, 0.6) is 11.5 Å². The average molecular weight is 574 g/mol. The van der Waals surface area contributed by atoms with E-state index in [1.54, 1.807) is 57.2 Å². The topological polar surface area (TPSA) is 128 Å². The van der Waals surface area contributed by atoms with E-state index in [0.717, 1.165) is 5.56 Å². The number of aromatic hydroxyl groups is 2. The number of para-hydroxylation sites is 2. The molecule has 4 N–H and O–H groups in total. The number of phenolic OH excluding ortho intramolecular Hbond substituents is 2. The van der Waals surface area contributed by atoms with E-state index in [1.165, 1.54) is 23.1 Å². The molecular formula is C33H39N3O6. The number of hydrogen-bond acceptors (Lipinski definition) is 6. The number of anilines is 1. The molecule has 3 aromatic carbocycles. The van der Waals surface area contributed by atoms with E-state index < -0.39 is 35.6 Å². The first-order chi connectivity index (χ1) is 19.8. The molecule has 0 aromatic heterocycles. The van der Waals surface area contributed by atoms with E-state index in [4.69, 9.17) is 4.74 Å². The van der Waals surface area contributed by atoms with Crippen LogP contribution in [0.15, 0.2) is 72.8 Å². The Morgan fingerprint density at radius 2 is 1.60 bits per heavy atom. The minimum absolute atomic E-state index is 0.0719. The quantitative estimate of drug-likeness (QED) is 0.269. The summed E-state index contributed by atoms with van der Waals surface area (Å²) in [6.45, 7) is 9.04. The highest BCUT2D eigenvalue weighted by molar-refractivity contribution is 6.00. The smallest absolute Gasteiger partial charge is 0.408 e. The maximum atomic E-state index is 14.5. The Morgan fingerprint density at radius 1 is 0.976 bits per heavy atom. The fourth-order valence-electron chi connectivity index (χ4n) is 4.92. The van der Waals surface area contributed by atoms with Gasteiger partial charge in [0.25, 0.3) is 5.91 Å². The van der Waals surface area contributed by atoms with Crippen LogP contribution in [0.2, 0.25) is 0 Å². The standard InChI is InChI=1S/C33H39N3O6/c1-20-10-6-8-12-25(20)34-30(39)29(24-11-7-9-13-28(24)38)36(27-18-21(27)2)31(40)26(35-32(41)42-33(3,4)5)19-22-14-16-23(37)17-15-22/h6-17,21,26-27,29,37-38H,18-19H2,1-5H3,(H,34,39)(H,35,41). The zero-order chi connectivity index (χ0) is 30.6. The van der Waals surface area contributed by atoms with Crippen molar-refractivity contribution < 1.29 is 29.3 Å². The first-order valence-electron chi connectivity index (χ1n) is 14.1. The molecule has 222 valence electrons. The largest absolute Gasteiger partial charge is 0.508 e. The second-order valence-corrected chi connectivity index (χ2v) is 11.9. The van der Waals surface area contributed by atoms with Gasteiger partial charge in [-0.3, -0.25) is 9.59 Å². The highest BCUT2D eigenvalue weighted by atomic mass is 16.6. The van der Waals surface area contributed by atoms with Gasteiger partial charge in [0.2, 0.25) is 5.91 Å². The van der Waals surface area contributed by atoms with Crippen molar-refractivity contribution in [3.05, 3.63) is 89.5 Å². The van der Waals surface area contributed by atoms with E-state index in [2.05, 4.69) is 10.6 Å². The van der Waals surface area contributed by atoms with Gasteiger partial charge in [-0.2, -0.15) is 0 Å². The van der Waals surface area contributed by atoms with Crippen molar-refractivity contribution in [2.75, 3.05) is 5.32 Å². The predicted molar refractivity (Wildman–Crippen MR) is 160 cm³/mol. The van der Waals surface area contributed by atoms with Gasteiger partial charge < -0.3 is 30.5 Å². The fraction of sp³-hybridized carbons (Fsp3) is 0.364. The zero-order valence-electron chi connectivity index (χ0n) is 24.6. The highest BCUT2D eigenvalue weighted by Crippen LogP contribution is 2.42. The molecule has 42 heavy (non-hydrogen) atoms. The molecular weight excluding hydrogens is 534 g/mol. The van der Waals surface area contributed by atoms with Crippen molar-refractivity contribution in [2.45, 2.75) is 71.2 Å². The first kappa shape index (κ1) is 30.4. The lowest BCUT2D eigenvalue weighted by Crippen LogP contribution is -2.54. The van der Waals surface area contributed by atoms with E-state index in [0.29, 0.717) is 17.7 Å². The van der Waals surface area contributed by atoms with Crippen molar-refractivity contribution in [3.8, 4) is 11.5 Å². The Labute approximate surface area is 246 Å². The van der Waals surface area contributed by atoms with Crippen LogP contribution in [-0.2, 0) is 20.7 Å². The number of amides is 3. The van der Waals surface area contributed by atoms with E-state index in [-0.39, 0.29) is 35.4 Å². The third-order valence-electron chi connectivity index (χ3n) is 7.20. The maximum absolute atomic E-state index is 14.5. The Bertz CT molecular complexity index is 1430. The van der Waals surface area contributed by atoms with Gasteiger partial charge in [-0.1, -0.05) is 55.5 Å². The predicted octanol–water partition coefficient (Wildman–Crippen LogP) is 5.46. The molecule has 1 fully saturated rings. The highest BCUT2D eigenvalue weighted by Gasteiger charge is 2.48. The number of hydrogen-bond donors (Lipinski definition) is 4. The molecule has 0 aliphatic heterocycles. The minimum Gasteiger partial charge on any atom is -0.508 e. The van der Waals surface area contributed by atoms with Gasteiger partial charge in [0.1, 0.15) is 29.2 Å². The average Bonchev–Trinajstić information content (AvgIpc) is 3.64. The van der Waals surface area contributed by atoms with Crippen LogP contribution in [0.25, 0.3) is 0 Å². The van der Waals surface area contributed by atoms with Crippen LogP contribution in [-0.4, -0.2) is 50.7 Å². The van der Waals surface area contributed by atoms with E-state index in [9.17, 15) is 24.6 Å². The molecule has 4 rings (SSSR count). The number of benzene rings is 3. The van der Waals surface area contributed by atoms with Crippen molar-refractivity contribution in [3.63, 3.8) is 0 Å². The van der Waals surface area contributed by atoms with Crippen molar-refractivity contribution >= 4 is 23.6 Å². The number of carbonyl (C=O) groups is 3. The Hall–Kier alpha value is -4.53. The molecule has 0 bridgehead atoms. The Balaban J connectivity index is 1.76. The first-order valence-corrected chi connectivity index (χ1v) is 14.1. The molecule has 0 saturated heterocycles. The van der Waals surface area contributed by atoms with Gasteiger partial charge in [-0.15, -0.1) is 0 Å². The molecule has 3 aromatic rings. The van der Waals surface area contributed by atoms with Crippen LogP contribution in [0, 0.1) is 12.8 Å². The number of aryl methyl sites for hydroxylation is 1. The summed E-state index contributed by atoms with van der Waals surface area (Å²) in [4.78, 5) is 43.0. The fourth-order valence-corrected chi connectivity index (χ4v) is 4.92. The lowest BCUT2D eigenvalue weighted by molar-refractivity contribution is -0.141. The molecule has 0 heterocycles. The van der Waals surface area contributed by atoms with Crippen LogP contribution in [0.3, 0.4) is 0 Å². The van der Waals surface area contributed by atoms with Gasteiger partial charge in [-0.25, -0.2) is 4.79 Å². The normalized spacial score (nSPS) is 17.5. The minimum atomic E-state index is -1.18. The van der Waals surface area contributed by atoms with Crippen molar-refractivity contribution in [1.82, 2.24) is 10.2 Å². The number of alkyl carbamates (subject to hydrolysis) is 1. The van der Waals surface area contributed by atoms with E-state index >= 15 is 0 Å². The van der Waals surface area contributed by atoms with Crippen LogP contribution in [0.4, 0.5) is 10.5 Å². The summed E-state index contributed by atoms with van der Waals surface area (Å²) < 4.78 is 5.48. The molecule has 4 unspecified atom stereocenters. The summed E-state index contributed by atoms with van der Waals surface area (Å²) in [5, 5.41) is 26.3. The molecule has 1 aliphatic rings. The monoisotopic (exact) mass is 573 g/mol. The van der Waals surface area contributed by atoms with Crippen LogP contribution < -0.4 is 10.6 Å². The summed E-state index contributed by atoms with van der Waals surface area (Å²) in [7, 11) is 0. The van der Waals surface area contributed by atoms with Gasteiger partial charge in [0.15, 0.2) is 0 Å². The SMILES string of the molecule is Cc1ccccc1NC(=O)C(c1ccccc1O)N(C(=O)C(Cc1ccc(O)cc1)NC(=O)OC(C)(C)C)C1CC1C. The molecule has 1 saturated carbocycles. The summed E-state index contributed by atoms with van der Waals surface area (Å²) in [6, 6.07) is 17.5. The summed E-state index contributed by atoms with van der Waals surface area (Å²) >= 11 is 0. The third kappa shape index (κ3) is 7.60. The molecule has 4 atom stereocenters. The third-order valence-corrected chi connectivity index (χ3v) is 7.20. The zero-order valence-corrected chi connectivity index (χ0v) is 24.6. The Morgan fingerprint density at radius 3 is 2.19 bits per heavy atom. The van der Waals surface area contributed by atoms with Gasteiger partial charge in [0.05, 0.1) is 0 Å². The molecule has 9 heteroatoms. The maximum Gasteiger partial charge on any atom is 0.408 e. The number of carbonyl (C=O) groups excluding carboxylic acids is 3. The number of nitrogens with zero attached hydrogens (tertiary/aromatic N) is 1. The number of rotatable bonds is 9. The Kier molecular flexibility index (Phi) is 9.09. The van der Waals surface area contributed by atoms with Crippen LogP contribution in [0.1, 0.15) is 56.8 Å². The molecule has 0 radical (unpaired) electrons. The summed E-state index contributed by atoms with van der Waals surface area (Å²) in [5.74, 6) is -0.925. The molecule has 0 spiro atoms. The second-order valence-electron chi connectivity index (χ2n) is 11.9. The summed E-state index contributed by atoms with van der Waals surface area (Å²) in [5.41, 5.74) is 1.60. The molecule has 3 amide bonds. The van der Waals surface area contributed by atoms with Gasteiger partial charge in [0, 0.05) is 23.7 Å². The van der Waals surface area contributed by atoms with Crippen LogP contribution >= 0.6 is 0 Å². The van der Waals surface area contributed by atoms with Crippen molar-refractivity contribution in [2.24, 2.45) is 5.92 Å². The van der Waals surface area contributed by atoms with Gasteiger partial charge in [-0.05, 0) is 75.4 Å². The molecule has 1 aliphatic carbocycles.